The molecule has 43 heavy (non-hydrogen) atoms. The minimum Gasteiger partial charge on any atom is -0.356 e. The van der Waals surface area contributed by atoms with Crippen LogP contribution in [-0.2, 0) is 15.0 Å². The van der Waals surface area contributed by atoms with Crippen molar-refractivity contribution in [1.82, 2.24) is 16.0 Å². The van der Waals surface area contributed by atoms with Gasteiger partial charge >= 0.3 is 0 Å². The van der Waals surface area contributed by atoms with Gasteiger partial charge in [0.1, 0.15) is 5.41 Å². The SMILES string of the molecule is O=C(NC1CCC(C(=O)NCCCCCC2(C(=O)NCC(F)F)c3ccccc3-c3ccccc32)CC1)c1ccccc1. The fourth-order valence-electron chi connectivity index (χ4n) is 6.68. The predicted molar refractivity (Wildman–Crippen MR) is 163 cm³/mol. The number of halogens is 2. The summed E-state index contributed by atoms with van der Waals surface area (Å²) in [5.41, 5.74) is 3.25. The molecule has 6 nitrogen and oxygen atoms in total. The van der Waals surface area contributed by atoms with Gasteiger partial charge in [-0.25, -0.2) is 8.78 Å². The van der Waals surface area contributed by atoms with E-state index in [9.17, 15) is 23.2 Å². The Labute approximate surface area is 251 Å². The number of hydrogen-bond acceptors (Lipinski definition) is 3. The van der Waals surface area contributed by atoms with Crippen LogP contribution in [0.3, 0.4) is 0 Å². The molecule has 3 aromatic carbocycles. The molecule has 5 rings (SSSR count). The Balaban J connectivity index is 1.10. The van der Waals surface area contributed by atoms with E-state index in [2.05, 4.69) is 16.0 Å². The highest BCUT2D eigenvalue weighted by Gasteiger charge is 2.48. The van der Waals surface area contributed by atoms with Gasteiger partial charge in [0.25, 0.3) is 12.3 Å². The number of rotatable bonds is 12. The molecule has 1 saturated carbocycles. The van der Waals surface area contributed by atoms with Crippen molar-refractivity contribution in [1.29, 1.82) is 0 Å². The molecule has 0 atom stereocenters. The Morgan fingerprint density at radius 2 is 1.35 bits per heavy atom. The minimum atomic E-state index is -2.63. The molecule has 0 unspecified atom stereocenters. The van der Waals surface area contributed by atoms with E-state index in [1.54, 1.807) is 12.1 Å². The van der Waals surface area contributed by atoms with Crippen molar-refractivity contribution < 1.29 is 23.2 Å². The van der Waals surface area contributed by atoms with Gasteiger partial charge in [-0.05, 0) is 72.9 Å². The molecule has 0 radical (unpaired) electrons. The second-order valence-electron chi connectivity index (χ2n) is 11.6. The lowest BCUT2D eigenvalue weighted by Crippen LogP contribution is -2.45. The zero-order chi connectivity index (χ0) is 30.2. The fraction of sp³-hybridized carbons (Fsp3) is 0.400. The highest BCUT2D eigenvalue weighted by atomic mass is 19.3. The number of hydrogen-bond donors (Lipinski definition) is 3. The molecular weight excluding hydrogens is 548 g/mol. The lowest BCUT2D eigenvalue weighted by atomic mass is 9.73. The maximum absolute atomic E-state index is 13.6. The summed E-state index contributed by atoms with van der Waals surface area (Å²) in [5.74, 6) is -0.479. The number of unbranched alkanes of at least 4 members (excludes halogenated alkanes) is 2. The second-order valence-corrected chi connectivity index (χ2v) is 11.6. The number of benzene rings is 3. The van der Waals surface area contributed by atoms with Crippen molar-refractivity contribution in [3.8, 4) is 11.1 Å². The van der Waals surface area contributed by atoms with Crippen molar-refractivity contribution in [2.75, 3.05) is 13.1 Å². The van der Waals surface area contributed by atoms with Gasteiger partial charge in [-0.15, -0.1) is 0 Å². The summed E-state index contributed by atoms with van der Waals surface area (Å²) in [6, 6.07) is 24.7. The molecule has 2 aliphatic carbocycles. The van der Waals surface area contributed by atoms with Crippen LogP contribution in [0.4, 0.5) is 8.78 Å². The zero-order valence-electron chi connectivity index (χ0n) is 24.3. The van der Waals surface area contributed by atoms with Gasteiger partial charge < -0.3 is 16.0 Å². The standard InChI is InChI=1S/C35H39F2N3O3/c36-31(37)23-39-34(43)35(29-15-7-5-13-27(29)28-14-6-8-16-30(28)35)21-9-2-10-22-38-32(41)25-17-19-26(20-18-25)40-33(42)24-11-3-1-4-12-24/h1,3-8,11-16,25-26,31H,2,9-10,17-23H2,(H,38,41)(H,39,43)(H,40,42). The van der Waals surface area contributed by atoms with E-state index in [0.29, 0.717) is 24.9 Å². The van der Waals surface area contributed by atoms with E-state index in [1.807, 2.05) is 66.7 Å². The summed E-state index contributed by atoms with van der Waals surface area (Å²) >= 11 is 0. The normalized spacial score (nSPS) is 18.4. The minimum absolute atomic E-state index is 0.0503. The average Bonchev–Trinajstić information content (AvgIpc) is 3.32. The number of alkyl halides is 2. The van der Waals surface area contributed by atoms with E-state index >= 15 is 0 Å². The fourth-order valence-corrected chi connectivity index (χ4v) is 6.68. The first-order valence-corrected chi connectivity index (χ1v) is 15.3. The summed E-state index contributed by atoms with van der Waals surface area (Å²) in [6.07, 6.45) is 3.13. The third-order valence-corrected chi connectivity index (χ3v) is 8.87. The topological polar surface area (TPSA) is 87.3 Å². The summed E-state index contributed by atoms with van der Waals surface area (Å²) in [7, 11) is 0. The van der Waals surface area contributed by atoms with E-state index in [0.717, 1.165) is 60.8 Å². The quantitative estimate of drug-likeness (QED) is 0.227. The van der Waals surface area contributed by atoms with Crippen LogP contribution < -0.4 is 16.0 Å². The number of nitrogens with one attached hydrogen (secondary N) is 3. The molecular formula is C35H39F2N3O3. The van der Waals surface area contributed by atoms with E-state index < -0.39 is 24.3 Å². The second kappa shape index (κ2) is 13.9. The molecule has 226 valence electrons. The summed E-state index contributed by atoms with van der Waals surface area (Å²) in [4.78, 5) is 38.9. The Morgan fingerprint density at radius 3 is 1.98 bits per heavy atom. The first-order valence-electron chi connectivity index (χ1n) is 15.3. The summed E-state index contributed by atoms with van der Waals surface area (Å²) in [5, 5.41) is 8.66. The van der Waals surface area contributed by atoms with Crippen LogP contribution in [0.5, 0.6) is 0 Å². The predicted octanol–water partition coefficient (Wildman–Crippen LogP) is 6.00. The van der Waals surface area contributed by atoms with Crippen molar-refractivity contribution in [3.63, 3.8) is 0 Å². The third kappa shape index (κ3) is 6.79. The Bertz CT molecular complexity index is 1380. The maximum atomic E-state index is 13.6. The van der Waals surface area contributed by atoms with Crippen LogP contribution >= 0.6 is 0 Å². The molecule has 3 aromatic rings. The number of amides is 3. The molecule has 8 heteroatoms. The third-order valence-electron chi connectivity index (χ3n) is 8.87. The highest BCUT2D eigenvalue weighted by molar-refractivity contribution is 6.00. The lowest BCUT2D eigenvalue weighted by Gasteiger charge is -2.31. The average molecular weight is 588 g/mol. The highest BCUT2D eigenvalue weighted by Crippen LogP contribution is 2.51. The monoisotopic (exact) mass is 587 g/mol. The number of fused-ring (bicyclic) bond motifs is 3. The van der Waals surface area contributed by atoms with Crippen LogP contribution in [0.15, 0.2) is 78.9 Å². The van der Waals surface area contributed by atoms with Crippen LogP contribution in [0.1, 0.15) is 72.9 Å². The zero-order valence-corrected chi connectivity index (χ0v) is 24.3. The van der Waals surface area contributed by atoms with Crippen LogP contribution in [0.25, 0.3) is 11.1 Å². The molecule has 3 amide bonds. The summed E-state index contributed by atoms with van der Waals surface area (Å²) in [6.45, 7) is -0.139. The van der Waals surface area contributed by atoms with Gasteiger partial charge in [-0.1, -0.05) is 79.6 Å². The lowest BCUT2D eigenvalue weighted by molar-refractivity contribution is -0.126. The summed E-state index contributed by atoms with van der Waals surface area (Å²) < 4.78 is 26.1. The van der Waals surface area contributed by atoms with Gasteiger partial charge in [-0.3, -0.25) is 14.4 Å². The van der Waals surface area contributed by atoms with Gasteiger partial charge in [-0.2, -0.15) is 0 Å². The van der Waals surface area contributed by atoms with Crippen molar-refractivity contribution >= 4 is 17.7 Å². The van der Waals surface area contributed by atoms with Gasteiger partial charge in [0.2, 0.25) is 11.8 Å². The van der Waals surface area contributed by atoms with Crippen molar-refractivity contribution in [2.24, 2.45) is 5.92 Å². The number of carbonyl (C=O) groups excluding carboxylic acids is 3. The molecule has 3 N–H and O–H groups in total. The Kier molecular flexibility index (Phi) is 9.85. The molecule has 0 spiro atoms. The molecule has 0 aromatic heterocycles. The Hall–Kier alpha value is -4.07. The van der Waals surface area contributed by atoms with Gasteiger partial charge in [0.15, 0.2) is 0 Å². The van der Waals surface area contributed by atoms with Crippen LogP contribution in [-0.4, -0.2) is 43.3 Å². The van der Waals surface area contributed by atoms with Crippen LogP contribution in [0, 0.1) is 5.92 Å². The Morgan fingerprint density at radius 1 is 0.744 bits per heavy atom. The maximum Gasteiger partial charge on any atom is 0.255 e. The molecule has 1 fully saturated rings. The molecule has 0 aliphatic heterocycles. The van der Waals surface area contributed by atoms with Crippen LogP contribution in [0.2, 0.25) is 0 Å². The molecule has 0 saturated heterocycles. The van der Waals surface area contributed by atoms with Gasteiger partial charge in [0.05, 0.1) is 6.54 Å². The van der Waals surface area contributed by atoms with E-state index in [1.165, 1.54) is 0 Å². The van der Waals surface area contributed by atoms with E-state index in [4.69, 9.17) is 0 Å². The first-order chi connectivity index (χ1) is 20.9. The molecule has 2 aliphatic rings. The molecule has 0 heterocycles. The van der Waals surface area contributed by atoms with Gasteiger partial charge in [0, 0.05) is 24.1 Å². The largest absolute Gasteiger partial charge is 0.356 e. The van der Waals surface area contributed by atoms with Crippen molar-refractivity contribution in [2.45, 2.75) is 69.2 Å². The van der Waals surface area contributed by atoms with Crippen molar-refractivity contribution in [3.05, 3.63) is 95.6 Å². The molecule has 0 bridgehead atoms. The first kappa shape index (κ1) is 30.4. The number of carbonyl (C=O) groups is 3. The van der Waals surface area contributed by atoms with E-state index in [-0.39, 0.29) is 23.8 Å². The smallest absolute Gasteiger partial charge is 0.255 e.